The summed E-state index contributed by atoms with van der Waals surface area (Å²) < 4.78 is 0. The number of nitrogens with zero attached hydrogens (tertiary/aromatic N) is 3. The van der Waals surface area contributed by atoms with E-state index < -0.39 is 0 Å². The molecule has 2 heterocycles. The van der Waals surface area contributed by atoms with Gasteiger partial charge < -0.3 is 5.32 Å². The maximum atomic E-state index is 12.1. The molecule has 2 N–H and O–H groups in total. The van der Waals surface area contributed by atoms with Gasteiger partial charge in [-0.2, -0.15) is 5.10 Å². The Bertz CT molecular complexity index is 628. The molecule has 0 saturated heterocycles. The molecule has 1 amide bonds. The second-order valence-electron chi connectivity index (χ2n) is 6.41. The van der Waals surface area contributed by atoms with Gasteiger partial charge in [0.25, 0.3) is 0 Å². The SMILES string of the molecule is CC(C)(C)c1csc(CNC(=O)[C@H]2C[C@@H]2c2ncn[nH]2)n1. The summed E-state index contributed by atoms with van der Waals surface area (Å²) in [5.74, 6) is 1.08. The van der Waals surface area contributed by atoms with Crippen LogP contribution in [0.4, 0.5) is 0 Å². The van der Waals surface area contributed by atoms with Crippen molar-refractivity contribution in [1.82, 2.24) is 25.5 Å². The highest BCUT2D eigenvalue weighted by Gasteiger charge is 2.45. The predicted molar refractivity (Wildman–Crippen MR) is 79.9 cm³/mol. The Morgan fingerprint density at radius 1 is 1.52 bits per heavy atom. The predicted octanol–water partition coefficient (Wildman–Crippen LogP) is 1.98. The molecule has 21 heavy (non-hydrogen) atoms. The highest BCUT2D eigenvalue weighted by atomic mass is 32.1. The summed E-state index contributed by atoms with van der Waals surface area (Å²) in [5, 5.41) is 12.6. The van der Waals surface area contributed by atoms with Gasteiger partial charge in [-0.25, -0.2) is 9.97 Å². The Hall–Kier alpha value is -1.76. The van der Waals surface area contributed by atoms with E-state index in [9.17, 15) is 4.79 Å². The Morgan fingerprint density at radius 2 is 2.33 bits per heavy atom. The average molecular weight is 305 g/mol. The highest BCUT2D eigenvalue weighted by molar-refractivity contribution is 7.09. The monoisotopic (exact) mass is 305 g/mol. The van der Waals surface area contributed by atoms with Gasteiger partial charge in [-0.15, -0.1) is 11.3 Å². The number of hydrogen-bond acceptors (Lipinski definition) is 5. The number of aromatic nitrogens is 4. The third-order valence-electron chi connectivity index (χ3n) is 3.65. The van der Waals surface area contributed by atoms with Crippen LogP contribution in [0, 0.1) is 5.92 Å². The summed E-state index contributed by atoms with van der Waals surface area (Å²) in [6, 6.07) is 0. The topological polar surface area (TPSA) is 83.6 Å². The van der Waals surface area contributed by atoms with Gasteiger partial charge in [0.05, 0.1) is 12.2 Å². The second kappa shape index (κ2) is 5.22. The highest BCUT2D eigenvalue weighted by Crippen LogP contribution is 2.45. The van der Waals surface area contributed by atoms with Gasteiger partial charge in [0.1, 0.15) is 17.2 Å². The second-order valence-corrected chi connectivity index (χ2v) is 7.36. The zero-order valence-corrected chi connectivity index (χ0v) is 13.2. The summed E-state index contributed by atoms with van der Waals surface area (Å²) in [6.07, 6.45) is 2.32. The van der Waals surface area contributed by atoms with Crippen LogP contribution in [0.2, 0.25) is 0 Å². The average Bonchev–Trinajstić information content (AvgIpc) is 2.88. The molecule has 1 aliphatic rings. The fraction of sp³-hybridized carbons (Fsp3) is 0.571. The molecule has 2 aromatic heterocycles. The molecule has 1 saturated carbocycles. The molecule has 0 aliphatic heterocycles. The summed E-state index contributed by atoms with van der Waals surface area (Å²) in [5.41, 5.74) is 1.12. The largest absolute Gasteiger partial charge is 0.349 e. The van der Waals surface area contributed by atoms with Gasteiger partial charge in [0.15, 0.2) is 0 Å². The summed E-state index contributed by atoms with van der Waals surface area (Å²) in [6.45, 7) is 6.91. The van der Waals surface area contributed by atoms with E-state index in [1.54, 1.807) is 11.3 Å². The van der Waals surface area contributed by atoms with E-state index in [-0.39, 0.29) is 23.2 Å². The van der Waals surface area contributed by atoms with Gasteiger partial charge in [-0.05, 0) is 6.42 Å². The maximum Gasteiger partial charge on any atom is 0.224 e. The molecule has 112 valence electrons. The molecule has 1 aliphatic carbocycles. The molecular weight excluding hydrogens is 286 g/mol. The van der Waals surface area contributed by atoms with Crippen LogP contribution in [0.5, 0.6) is 0 Å². The number of aromatic amines is 1. The van der Waals surface area contributed by atoms with Crippen molar-refractivity contribution in [3.8, 4) is 0 Å². The Morgan fingerprint density at radius 3 is 2.95 bits per heavy atom. The van der Waals surface area contributed by atoms with Gasteiger partial charge in [0.2, 0.25) is 5.91 Å². The fourth-order valence-corrected chi connectivity index (χ4v) is 3.17. The molecular formula is C14H19N5OS. The third kappa shape index (κ3) is 3.12. The number of hydrogen-bond donors (Lipinski definition) is 2. The Balaban J connectivity index is 1.52. The molecule has 7 heteroatoms. The first kappa shape index (κ1) is 14.2. The van der Waals surface area contributed by atoms with E-state index >= 15 is 0 Å². The molecule has 0 bridgehead atoms. The van der Waals surface area contributed by atoms with Crippen LogP contribution < -0.4 is 5.32 Å². The third-order valence-corrected chi connectivity index (χ3v) is 4.49. The van der Waals surface area contributed by atoms with Crippen molar-refractivity contribution in [2.75, 3.05) is 0 Å². The molecule has 0 aromatic carbocycles. The molecule has 2 aromatic rings. The lowest BCUT2D eigenvalue weighted by Crippen LogP contribution is -2.25. The number of rotatable bonds is 4. The first-order chi connectivity index (χ1) is 9.95. The molecule has 0 spiro atoms. The van der Waals surface area contributed by atoms with Crippen molar-refractivity contribution < 1.29 is 4.79 Å². The van der Waals surface area contributed by atoms with E-state index in [4.69, 9.17) is 0 Å². The number of amides is 1. The Kier molecular flexibility index (Phi) is 3.52. The van der Waals surface area contributed by atoms with Crippen LogP contribution in [0.25, 0.3) is 0 Å². The molecule has 2 atom stereocenters. The lowest BCUT2D eigenvalue weighted by molar-refractivity contribution is -0.122. The van der Waals surface area contributed by atoms with Crippen molar-refractivity contribution in [3.63, 3.8) is 0 Å². The van der Waals surface area contributed by atoms with Crippen molar-refractivity contribution in [2.45, 2.75) is 45.1 Å². The van der Waals surface area contributed by atoms with Crippen LogP contribution in [0.3, 0.4) is 0 Å². The van der Waals surface area contributed by atoms with Crippen molar-refractivity contribution in [2.24, 2.45) is 5.92 Å². The summed E-state index contributed by atoms with van der Waals surface area (Å²) in [7, 11) is 0. The lowest BCUT2D eigenvalue weighted by atomic mass is 9.93. The number of nitrogens with one attached hydrogen (secondary N) is 2. The number of H-pyrrole nitrogens is 1. The van der Waals surface area contributed by atoms with Crippen molar-refractivity contribution >= 4 is 17.2 Å². The number of carbonyl (C=O) groups excluding carboxylic acids is 1. The molecule has 6 nitrogen and oxygen atoms in total. The molecule has 1 fully saturated rings. The molecule has 0 radical (unpaired) electrons. The minimum atomic E-state index is 0.0139. The lowest BCUT2D eigenvalue weighted by Gasteiger charge is -2.14. The van der Waals surface area contributed by atoms with Crippen LogP contribution in [-0.2, 0) is 16.8 Å². The van der Waals surface area contributed by atoms with Gasteiger partial charge in [0, 0.05) is 22.6 Å². The quantitative estimate of drug-likeness (QED) is 0.904. The van der Waals surface area contributed by atoms with Gasteiger partial charge in [-0.1, -0.05) is 20.8 Å². The number of thiazole rings is 1. The standard InChI is InChI=1S/C14H19N5OS/c1-14(2,3)10-6-21-11(18-10)5-15-13(20)9-4-8(9)12-16-7-17-19-12/h6-9H,4-5H2,1-3H3,(H,15,20)(H,16,17,19)/t8-,9-/m0/s1. The minimum absolute atomic E-state index is 0.0139. The van der Waals surface area contributed by atoms with Crippen LogP contribution in [-0.4, -0.2) is 26.1 Å². The molecule has 0 unspecified atom stereocenters. The van der Waals surface area contributed by atoms with Crippen LogP contribution in [0.15, 0.2) is 11.7 Å². The molecule has 3 rings (SSSR count). The first-order valence-corrected chi connectivity index (χ1v) is 7.91. The van der Waals surface area contributed by atoms with E-state index in [1.807, 2.05) is 0 Å². The normalized spacial score (nSPS) is 21.3. The van der Waals surface area contributed by atoms with Gasteiger partial charge in [-0.3, -0.25) is 9.89 Å². The van der Waals surface area contributed by atoms with Crippen molar-refractivity contribution in [1.29, 1.82) is 0 Å². The zero-order chi connectivity index (χ0) is 15.0. The first-order valence-electron chi connectivity index (χ1n) is 7.03. The smallest absolute Gasteiger partial charge is 0.224 e. The van der Waals surface area contributed by atoms with E-state index in [2.05, 4.69) is 51.6 Å². The summed E-state index contributed by atoms with van der Waals surface area (Å²) >= 11 is 1.59. The maximum absolute atomic E-state index is 12.1. The van der Waals surface area contributed by atoms with Crippen LogP contribution >= 0.6 is 11.3 Å². The van der Waals surface area contributed by atoms with E-state index in [0.717, 1.165) is 22.9 Å². The fourth-order valence-electron chi connectivity index (χ4n) is 2.21. The summed E-state index contributed by atoms with van der Waals surface area (Å²) in [4.78, 5) is 20.8. The van der Waals surface area contributed by atoms with E-state index in [0.29, 0.717) is 6.54 Å². The number of carbonyl (C=O) groups is 1. The van der Waals surface area contributed by atoms with Crippen molar-refractivity contribution in [3.05, 3.63) is 28.2 Å². The van der Waals surface area contributed by atoms with Crippen LogP contribution in [0.1, 0.15) is 49.6 Å². The zero-order valence-electron chi connectivity index (χ0n) is 12.4. The minimum Gasteiger partial charge on any atom is -0.349 e. The van der Waals surface area contributed by atoms with Gasteiger partial charge >= 0.3 is 0 Å². The Labute approximate surface area is 127 Å². The van der Waals surface area contributed by atoms with E-state index in [1.165, 1.54) is 6.33 Å².